The highest BCUT2D eigenvalue weighted by atomic mass is 16.5. The molecule has 24 heavy (non-hydrogen) atoms. The first-order valence-corrected chi connectivity index (χ1v) is 8.48. The summed E-state index contributed by atoms with van der Waals surface area (Å²) >= 11 is 0. The number of carbonyl (C=O) groups is 1. The van der Waals surface area contributed by atoms with Crippen molar-refractivity contribution in [3.63, 3.8) is 0 Å². The van der Waals surface area contributed by atoms with Crippen molar-refractivity contribution in [2.75, 3.05) is 24.5 Å². The Balaban J connectivity index is 1.48. The van der Waals surface area contributed by atoms with E-state index in [1.54, 1.807) is 25.4 Å². The number of likely N-dealkylation sites (tertiary alicyclic amines) is 1. The first-order chi connectivity index (χ1) is 11.7. The smallest absolute Gasteiger partial charge is 0.276 e. The Bertz CT molecular complexity index is 717. The molecule has 0 bridgehead atoms. The fraction of sp³-hybridized carbons (Fsp3) is 0.529. The van der Waals surface area contributed by atoms with E-state index in [1.165, 1.54) is 0 Å². The second kappa shape index (κ2) is 6.22. The molecule has 4 rings (SSSR count). The van der Waals surface area contributed by atoms with Crippen LogP contribution in [-0.4, -0.2) is 51.6 Å². The number of nitrogens with zero attached hydrogens (tertiary/aromatic N) is 5. The molecule has 2 atom stereocenters. The summed E-state index contributed by atoms with van der Waals surface area (Å²) in [6, 6.07) is 3.95. The quantitative estimate of drug-likeness (QED) is 0.838. The summed E-state index contributed by atoms with van der Waals surface area (Å²) in [4.78, 5) is 25.6. The zero-order chi connectivity index (χ0) is 16.5. The van der Waals surface area contributed by atoms with Crippen LogP contribution in [0, 0.1) is 12.8 Å². The molecule has 0 spiro atoms. The van der Waals surface area contributed by atoms with E-state index < -0.39 is 0 Å². The van der Waals surface area contributed by atoms with Gasteiger partial charge in [0.2, 0.25) is 5.95 Å². The maximum atomic E-state index is 12.6. The number of aryl methyl sites for hydroxylation is 1. The van der Waals surface area contributed by atoms with Gasteiger partial charge >= 0.3 is 0 Å². The highest BCUT2D eigenvalue weighted by Gasteiger charge is 2.38. The van der Waals surface area contributed by atoms with Crippen LogP contribution in [0.25, 0.3) is 0 Å². The van der Waals surface area contributed by atoms with E-state index in [0.29, 0.717) is 23.4 Å². The molecule has 0 saturated carbocycles. The van der Waals surface area contributed by atoms with E-state index in [1.807, 2.05) is 11.0 Å². The zero-order valence-electron chi connectivity index (χ0n) is 13.8. The molecule has 2 fully saturated rings. The summed E-state index contributed by atoms with van der Waals surface area (Å²) in [6.07, 6.45) is 6.65. The van der Waals surface area contributed by atoms with E-state index in [0.717, 1.165) is 44.8 Å². The molecule has 7 heteroatoms. The lowest BCUT2D eigenvalue weighted by Crippen LogP contribution is -2.36. The SMILES string of the molecule is Cc1cc(C(=O)N2CC[C@@H]3CCN(c4ncccn4)[C@@H]3CC2)no1. The van der Waals surface area contributed by atoms with Gasteiger partial charge in [-0.15, -0.1) is 0 Å². The van der Waals surface area contributed by atoms with E-state index >= 15 is 0 Å². The second-order valence-electron chi connectivity index (χ2n) is 6.55. The number of carbonyl (C=O) groups excluding carboxylic acids is 1. The maximum Gasteiger partial charge on any atom is 0.276 e. The van der Waals surface area contributed by atoms with E-state index in [4.69, 9.17) is 4.52 Å². The molecular formula is C17H21N5O2. The van der Waals surface area contributed by atoms with Crippen molar-refractivity contribution in [3.05, 3.63) is 36.0 Å². The van der Waals surface area contributed by atoms with Crippen LogP contribution in [0.3, 0.4) is 0 Å². The Labute approximate surface area is 140 Å². The van der Waals surface area contributed by atoms with Gasteiger partial charge < -0.3 is 14.3 Å². The normalized spacial score (nSPS) is 23.9. The van der Waals surface area contributed by atoms with Gasteiger partial charge in [0.25, 0.3) is 5.91 Å². The first-order valence-electron chi connectivity index (χ1n) is 8.48. The Morgan fingerprint density at radius 2 is 1.92 bits per heavy atom. The summed E-state index contributed by atoms with van der Waals surface area (Å²) in [6.45, 7) is 4.30. The molecule has 0 radical (unpaired) electrons. The predicted molar refractivity (Wildman–Crippen MR) is 87.7 cm³/mol. The topological polar surface area (TPSA) is 75.4 Å². The van der Waals surface area contributed by atoms with Crippen LogP contribution in [0.4, 0.5) is 5.95 Å². The van der Waals surface area contributed by atoms with Crippen LogP contribution >= 0.6 is 0 Å². The minimum atomic E-state index is -0.0330. The Hall–Kier alpha value is -2.44. The summed E-state index contributed by atoms with van der Waals surface area (Å²) in [5, 5.41) is 3.86. The Morgan fingerprint density at radius 3 is 2.67 bits per heavy atom. The zero-order valence-corrected chi connectivity index (χ0v) is 13.8. The lowest BCUT2D eigenvalue weighted by molar-refractivity contribution is 0.0748. The van der Waals surface area contributed by atoms with Crippen molar-refractivity contribution >= 4 is 11.9 Å². The van der Waals surface area contributed by atoms with Crippen molar-refractivity contribution in [1.82, 2.24) is 20.0 Å². The molecule has 2 aromatic heterocycles. The average Bonchev–Trinajstić information content (AvgIpc) is 3.16. The number of anilines is 1. The molecule has 126 valence electrons. The number of aromatic nitrogens is 3. The van der Waals surface area contributed by atoms with Gasteiger partial charge in [-0.1, -0.05) is 5.16 Å². The van der Waals surface area contributed by atoms with E-state index in [-0.39, 0.29) is 5.91 Å². The fourth-order valence-electron chi connectivity index (χ4n) is 3.89. The van der Waals surface area contributed by atoms with Gasteiger partial charge in [-0.05, 0) is 38.2 Å². The number of fused-ring (bicyclic) bond motifs is 1. The van der Waals surface area contributed by atoms with Crippen LogP contribution < -0.4 is 4.90 Å². The maximum absolute atomic E-state index is 12.6. The minimum absolute atomic E-state index is 0.0330. The van der Waals surface area contributed by atoms with Crippen molar-refractivity contribution in [2.24, 2.45) is 5.92 Å². The summed E-state index contributed by atoms with van der Waals surface area (Å²) in [5.41, 5.74) is 0.405. The van der Waals surface area contributed by atoms with Crippen LogP contribution in [0.1, 0.15) is 35.5 Å². The van der Waals surface area contributed by atoms with Gasteiger partial charge in [-0.3, -0.25) is 4.79 Å². The molecule has 7 nitrogen and oxygen atoms in total. The van der Waals surface area contributed by atoms with Crippen molar-refractivity contribution in [2.45, 2.75) is 32.2 Å². The summed E-state index contributed by atoms with van der Waals surface area (Å²) in [5.74, 6) is 2.02. The van der Waals surface area contributed by atoms with Crippen LogP contribution in [0.5, 0.6) is 0 Å². The molecule has 0 unspecified atom stereocenters. The minimum Gasteiger partial charge on any atom is -0.361 e. The molecule has 0 aromatic carbocycles. The average molecular weight is 327 g/mol. The Morgan fingerprint density at radius 1 is 1.17 bits per heavy atom. The molecule has 2 saturated heterocycles. The highest BCUT2D eigenvalue weighted by Crippen LogP contribution is 2.34. The third-order valence-corrected chi connectivity index (χ3v) is 5.09. The highest BCUT2D eigenvalue weighted by molar-refractivity contribution is 5.92. The van der Waals surface area contributed by atoms with E-state index in [9.17, 15) is 4.79 Å². The van der Waals surface area contributed by atoms with E-state index in [2.05, 4.69) is 20.0 Å². The fourth-order valence-corrected chi connectivity index (χ4v) is 3.89. The van der Waals surface area contributed by atoms with Gasteiger partial charge in [-0.25, -0.2) is 9.97 Å². The number of rotatable bonds is 2. The van der Waals surface area contributed by atoms with Crippen LogP contribution in [-0.2, 0) is 0 Å². The number of hydrogen-bond acceptors (Lipinski definition) is 6. The monoisotopic (exact) mass is 327 g/mol. The molecular weight excluding hydrogens is 306 g/mol. The molecule has 1 amide bonds. The summed E-state index contributed by atoms with van der Waals surface area (Å²) < 4.78 is 5.03. The van der Waals surface area contributed by atoms with Crippen LogP contribution in [0.15, 0.2) is 29.0 Å². The standard InChI is InChI=1S/C17H21N5O2/c1-12-11-14(20-24-12)16(23)21-8-3-13-4-10-22(15(13)5-9-21)17-18-6-2-7-19-17/h2,6-7,11,13,15H,3-5,8-10H2,1H3/t13-,15-/m1/s1. The lowest BCUT2D eigenvalue weighted by atomic mass is 9.96. The molecule has 4 heterocycles. The lowest BCUT2D eigenvalue weighted by Gasteiger charge is -2.26. The van der Waals surface area contributed by atoms with Gasteiger partial charge in [0, 0.05) is 44.1 Å². The molecule has 2 aliphatic heterocycles. The van der Waals surface area contributed by atoms with Gasteiger partial charge in [0.15, 0.2) is 5.69 Å². The number of hydrogen-bond donors (Lipinski definition) is 0. The molecule has 2 aromatic rings. The largest absolute Gasteiger partial charge is 0.361 e. The third kappa shape index (κ3) is 2.74. The van der Waals surface area contributed by atoms with Gasteiger partial charge in [-0.2, -0.15) is 0 Å². The van der Waals surface area contributed by atoms with Gasteiger partial charge in [0.1, 0.15) is 5.76 Å². The second-order valence-corrected chi connectivity index (χ2v) is 6.55. The van der Waals surface area contributed by atoms with Crippen molar-refractivity contribution < 1.29 is 9.32 Å². The van der Waals surface area contributed by atoms with Crippen LogP contribution in [0.2, 0.25) is 0 Å². The van der Waals surface area contributed by atoms with Crippen molar-refractivity contribution in [1.29, 1.82) is 0 Å². The first kappa shape index (κ1) is 15.1. The number of amides is 1. The Kier molecular flexibility index (Phi) is 3.92. The third-order valence-electron chi connectivity index (χ3n) is 5.09. The summed E-state index contributed by atoms with van der Waals surface area (Å²) in [7, 11) is 0. The molecule has 2 aliphatic rings. The van der Waals surface area contributed by atoms with Gasteiger partial charge in [0.05, 0.1) is 0 Å². The predicted octanol–water partition coefficient (Wildman–Crippen LogP) is 1.90. The molecule has 0 aliphatic carbocycles. The van der Waals surface area contributed by atoms with Crippen molar-refractivity contribution in [3.8, 4) is 0 Å². The molecule has 0 N–H and O–H groups in total.